The second-order valence-electron chi connectivity index (χ2n) is 2.66. The van der Waals surface area contributed by atoms with Crippen molar-refractivity contribution in [1.29, 1.82) is 0 Å². The van der Waals surface area contributed by atoms with E-state index in [1.54, 1.807) is 6.92 Å². The van der Waals surface area contributed by atoms with Crippen molar-refractivity contribution in [2.45, 2.75) is 45.0 Å². The molecule has 0 aliphatic carbocycles. The summed E-state index contributed by atoms with van der Waals surface area (Å²) in [6.45, 7) is 2.01. The molecule has 0 fully saturated rings. The van der Waals surface area contributed by atoms with Crippen LogP contribution in [0, 0.1) is 0 Å². The molecule has 0 aromatic heterocycles. The second-order valence-corrected chi connectivity index (χ2v) is 2.66. The predicted molar refractivity (Wildman–Crippen MR) is 35.3 cm³/mol. The van der Waals surface area contributed by atoms with E-state index in [0.717, 1.165) is 0 Å². The molecule has 0 radical (unpaired) electrons. The fraction of sp³-hybridized carbons (Fsp3) is 1.00. The van der Waals surface area contributed by atoms with Gasteiger partial charge in [-0.05, 0) is 6.42 Å². The van der Waals surface area contributed by atoms with Crippen LogP contribution < -0.4 is 0 Å². The van der Waals surface area contributed by atoms with Gasteiger partial charge in [0.05, 0.1) is 0 Å². The molecule has 2 atom stereocenters. The Bertz CT molecular complexity index is 107. The number of alkyl halides is 4. The zero-order valence-corrected chi connectivity index (χ0v) is 6.58. The monoisotopic (exact) mass is 172 g/mol. The molecule has 0 spiro atoms. The van der Waals surface area contributed by atoms with E-state index in [2.05, 4.69) is 0 Å². The molecule has 11 heavy (non-hydrogen) atoms. The van der Waals surface area contributed by atoms with Crippen LogP contribution in [0.25, 0.3) is 0 Å². The van der Waals surface area contributed by atoms with Crippen molar-refractivity contribution in [2.24, 2.45) is 0 Å². The van der Waals surface area contributed by atoms with E-state index < -0.39 is 18.3 Å². The van der Waals surface area contributed by atoms with E-state index in [1.807, 2.05) is 0 Å². The molecule has 68 valence electrons. The number of hydrogen-bond acceptors (Lipinski definition) is 0. The first-order valence-corrected chi connectivity index (χ1v) is 3.55. The maximum Gasteiger partial charge on any atom is 0.278 e. The topological polar surface area (TPSA) is 0 Å². The molecule has 0 bridgehead atoms. The highest BCUT2D eigenvalue weighted by Crippen LogP contribution is 2.26. The first-order valence-electron chi connectivity index (χ1n) is 3.55. The van der Waals surface area contributed by atoms with Crippen molar-refractivity contribution in [3.05, 3.63) is 0 Å². The van der Waals surface area contributed by atoms with Gasteiger partial charge in [0.2, 0.25) is 0 Å². The van der Waals surface area contributed by atoms with Crippen molar-refractivity contribution >= 4 is 0 Å². The average molecular weight is 172 g/mol. The van der Waals surface area contributed by atoms with Crippen LogP contribution in [0.1, 0.15) is 26.7 Å². The highest BCUT2D eigenvalue weighted by atomic mass is 19.3. The minimum atomic E-state index is -3.56. The first-order chi connectivity index (χ1) is 4.89. The standard InChI is InChI=1S/C7H12F4/c1-3-4-5(8)6(9)7(2,10)11/h5-6H,3-4H2,1-2H3/t5?,6-/m0/s1. The third-order valence-electron chi connectivity index (χ3n) is 1.37. The summed E-state index contributed by atoms with van der Waals surface area (Å²) >= 11 is 0. The van der Waals surface area contributed by atoms with Crippen LogP contribution in [0.2, 0.25) is 0 Å². The predicted octanol–water partition coefficient (Wildman–Crippen LogP) is 3.12. The van der Waals surface area contributed by atoms with Crippen LogP contribution in [-0.4, -0.2) is 18.3 Å². The molecule has 0 aromatic rings. The van der Waals surface area contributed by atoms with Crippen molar-refractivity contribution in [3.8, 4) is 0 Å². The highest BCUT2D eigenvalue weighted by Gasteiger charge is 2.40. The lowest BCUT2D eigenvalue weighted by Crippen LogP contribution is -2.34. The van der Waals surface area contributed by atoms with Gasteiger partial charge in [0, 0.05) is 6.92 Å². The van der Waals surface area contributed by atoms with E-state index in [9.17, 15) is 17.6 Å². The first kappa shape index (κ1) is 10.7. The lowest BCUT2D eigenvalue weighted by atomic mass is 10.1. The van der Waals surface area contributed by atoms with Gasteiger partial charge in [-0.2, -0.15) is 0 Å². The third-order valence-corrected chi connectivity index (χ3v) is 1.37. The van der Waals surface area contributed by atoms with Crippen molar-refractivity contribution < 1.29 is 17.6 Å². The summed E-state index contributed by atoms with van der Waals surface area (Å²) in [6.07, 6.45) is -4.48. The van der Waals surface area contributed by atoms with Gasteiger partial charge >= 0.3 is 0 Å². The molecule has 0 aliphatic rings. The fourth-order valence-corrected chi connectivity index (χ4v) is 0.740. The summed E-state index contributed by atoms with van der Waals surface area (Å²) < 4.78 is 49.0. The molecule has 1 unspecified atom stereocenters. The van der Waals surface area contributed by atoms with Gasteiger partial charge in [-0.15, -0.1) is 0 Å². The zero-order chi connectivity index (χ0) is 9.07. The number of halogens is 4. The Labute approximate surface area is 63.6 Å². The second kappa shape index (κ2) is 3.93. The SMILES string of the molecule is CCCC(F)[C@H](F)C(C)(F)F. The summed E-state index contributed by atoms with van der Waals surface area (Å²) in [7, 11) is 0. The Balaban J connectivity index is 3.91. The van der Waals surface area contributed by atoms with E-state index in [-0.39, 0.29) is 6.42 Å². The summed E-state index contributed by atoms with van der Waals surface area (Å²) in [5.41, 5.74) is 0. The van der Waals surface area contributed by atoms with E-state index in [0.29, 0.717) is 13.3 Å². The lowest BCUT2D eigenvalue weighted by molar-refractivity contribution is -0.0854. The van der Waals surface area contributed by atoms with Crippen LogP contribution in [0.5, 0.6) is 0 Å². The Hall–Kier alpha value is -0.280. The molecule has 0 N–H and O–H groups in total. The smallest absolute Gasteiger partial charge is 0.244 e. The van der Waals surface area contributed by atoms with E-state index in [1.165, 1.54) is 0 Å². The summed E-state index contributed by atoms with van der Waals surface area (Å²) in [6, 6.07) is 0. The molecule has 0 saturated heterocycles. The average Bonchev–Trinajstić information content (AvgIpc) is 1.85. The van der Waals surface area contributed by atoms with Gasteiger partial charge in [-0.3, -0.25) is 0 Å². The van der Waals surface area contributed by atoms with Gasteiger partial charge < -0.3 is 0 Å². The third kappa shape index (κ3) is 3.58. The Kier molecular flexibility index (Phi) is 3.83. The maximum absolute atomic E-state index is 12.4. The molecular weight excluding hydrogens is 160 g/mol. The van der Waals surface area contributed by atoms with Gasteiger partial charge in [0.25, 0.3) is 5.92 Å². The molecule has 0 amide bonds. The number of hydrogen-bond donors (Lipinski definition) is 0. The largest absolute Gasteiger partial charge is 0.278 e. The molecule has 4 heteroatoms. The fourth-order valence-electron chi connectivity index (χ4n) is 0.740. The summed E-state index contributed by atoms with van der Waals surface area (Å²) in [4.78, 5) is 0. The molecule has 0 aromatic carbocycles. The van der Waals surface area contributed by atoms with Crippen LogP contribution in [-0.2, 0) is 0 Å². The van der Waals surface area contributed by atoms with Gasteiger partial charge in [-0.25, -0.2) is 17.6 Å². The normalized spacial score (nSPS) is 18.0. The minimum absolute atomic E-state index is 0.148. The van der Waals surface area contributed by atoms with Crippen LogP contribution in [0.15, 0.2) is 0 Å². The Morgan fingerprint density at radius 2 is 1.73 bits per heavy atom. The van der Waals surface area contributed by atoms with Gasteiger partial charge in [0.1, 0.15) is 6.17 Å². The van der Waals surface area contributed by atoms with E-state index in [4.69, 9.17) is 0 Å². The summed E-state index contributed by atoms with van der Waals surface area (Å²) in [5.74, 6) is -3.56. The van der Waals surface area contributed by atoms with Crippen LogP contribution in [0.4, 0.5) is 17.6 Å². The zero-order valence-electron chi connectivity index (χ0n) is 6.58. The Morgan fingerprint density at radius 3 is 2.00 bits per heavy atom. The molecule has 0 nitrogen and oxygen atoms in total. The Morgan fingerprint density at radius 1 is 1.27 bits per heavy atom. The maximum atomic E-state index is 12.4. The highest BCUT2D eigenvalue weighted by molar-refractivity contribution is 4.78. The van der Waals surface area contributed by atoms with Crippen molar-refractivity contribution in [2.75, 3.05) is 0 Å². The quantitative estimate of drug-likeness (QED) is 0.571. The van der Waals surface area contributed by atoms with E-state index >= 15 is 0 Å². The van der Waals surface area contributed by atoms with Crippen molar-refractivity contribution in [1.82, 2.24) is 0 Å². The minimum Gasteiger partial charge on any atom is -0.244 e. The van der Waals surface area contributed by atoms with Crippen molar-refractivity contribution in [3.63, 3.8) is 0 Å². The van der Waals surface area contributed by atoms with Crippen LogP contribution in [0.3, 0.4) is 0 Å². The van der Waals surface area contributed by atoms with Crippen LogP contribution >= 0.6 is 0 Å². The number of rotatable bonds is 4. The summed E-state index contributed by atoms with van der Waals surface area (Å²) in [5, 5.41) is 0. The lowest BCUT2D eigenvalue weighted by Gasteiger charge is -2.18. The molecular formula is C7H12F4. The molecule has 0 aliphatic heterocycles. The molecule has 0 saturated carbocycles. The molecule has 0 heterocycles. The van der Waals surface area contributed by atoms with Gasteiger partial charge in [-0.1, -0.05) is 13.3 Å². The van der Waals surface area contributed by atoms with Gasteiger partial charge in [0.15, 0.2) is 6.17 Å². The molecule has 0 rings (SSSR count).